The van der Waals surface area contributed by atoms with E-state index in [1.807, 2.05) is 31.1 Å². The fourth-order valence-corrected chi connectivity index (χ4v) is 1.47. The summed E-state index contributed by atoms with van der Waals surface area (Å²) in [6.07, 6.45) is 2.99. The second-order valence-electron chi connectivity index (χ2n) is 4.12. The van der Waals surface area contributed by atoms with Gasteiger partial charge in [-0.1, -0.05) is 0 Å². The Hall–Kier alpha value is -2.67. The third kappa shape index (κ3) is 3.39. The van der Waals surface area contributed by atoms with Crippen LogP contribution >= 0.6 is 0 Å². The molecular weight excluding hydrogens is 238 g/mol. The third-order valence-corrected chi connectivity index (χ3v) is 2.53. The molecule has 1 aromatic carbocycles. The molecule has 94 valence electrons. The van der Waals surface area contributed by atoms with Gasteiger partial charge in [0.2, 0.25) is 5.78 Å². The minimum atomic E-state index is -0.219. The minimum absolute atomic E-state index is 0.219. The average molecular weight is 251 g/mol. The van der Waals surface area contributed by atoms with E-state index in [4.69, 9.17) is 0 Å². The number of Topliss-reactive ketones (excluding diaryl/α,β-unsaturated/α-hetero) is 1. The number of nitrogens with zero attached hydrogens (tertiary/aromatic N) is 3. The smallest absolute Gasteiger partial charge is 0.236 e. The number of ketones is 1. The second-order valence-corrected chi connectivity index (χ2v) is 4.12. The van der Waals surface area contributed by atoms with Crippen LogP contribution in [0, 0.1) is 11.8 Å². The molecule has 0 saturated heterocycles. The molecule has 2 rings (SSSR count). The van der Waals surface area contributed by atoms with Crippen LogP contribution in [0.1, 0.15) is 16.1 Å². The lowest BCUT2D eigenvalue weighted by molar-refractivity contribution is 0.105. The van der Waals surface area contributed by atoms with Gasteiger partial charge in [0.15, 0.2) is 0 Å². The summed E-state index contributed by atoms with van der Waals surface area (Å²) < 4.78 is 0. The van der Waals surface area contributed by atoms with Crippen molar-refractivity contribution in [1.82, 2.24) is 9.97 Å². The van der Waals surface area contributed by atoms with Crippen LogP contribution in [0.4, 0.5) is 5.69 Å². The lowest BCUT2D eigenvalue weighted by Crippen LogP contribution is -2.08. The largest absolute Gasteiger partial charge is 0.378 e. The molecule has 0 saturated carbocycles. The first kappa shape index (κ1) is 12.8. The number of rotatable bonds is 2. The van der Waals surface area contributed by atoms with Gasteiger partial charge >= 0.3 is 0 Å². The van der Waals surface area contributed by atoms with Crippen molar-refractivity contribution in [3.05, 3.63) is 54.1 Å². The maximum atomic E-state index is 11.9. The molecule has 1 heterocycles. The fourth-order valence-electron chi connectivity index (χ4n) is 1.47. The summed E-state index contributed by atoms with van der Waals surface area (Å²) in [5.41, 5.74) is 2.15. The Morgan fingerprint density at radius 1 is 1.16 bits per heavy atom. The zero-order chi connectivity index (χ0) is 13.7. The maximum Gasteiger partial charge on any atom is 0.236 e. The first-order chi connectivity index (χ1) is 9.16. The summed E-state index contributed by atoms with van der Waals surface area (Å²) in [5.74, 6) is 5.07. The van der Waals surface area contributed by atoms with Gasteiger partial charge in [0.05, 0.1) is 0 Å². The summed E-state index contributed by atoms with van der Waals surface area (Å²) in [7, 11) is 3.90. The Bertz CT molecular complexity index is 622. The number of hydrogen-bond acceptors (Lipinski definition) is 4. The van der Waals surface area contributed by atoms with E-state index in [-0.39, 0.29) is 5.78 Å². The van der Waals surface area contributed by atoms with Gasteiger partial charge in [-0.05, 0) is 42.2 Å². The predicted octanol–water partition coefficient (Wildman–Crippen LogP) is 1.78. The van der Waals surface area contributed by atoms with Gasteiger partial charge in [-0.25, -0.2) is 9.97 Å². The molecule has 2 aromatic rings. The zero-order valence-corrected chi connectivity index (χ0v) is 10.8. The molecule has 0 atom stereocenters. The first-order valence-electron chi connectivity index (χ1n) is 5.76. The predicted molar refractivity (Wildman–Crippen MR) is 74.0 cm³/mol. The van der Waals surface area contributed by atoms with Gasteiger partial charge in [-0.3, -0.25) is 4.79 Å². The molecule has 1 aromatic heterocycles. The number of aromatic nitrogens is 2. The molecule has 0 bridgehead atoms. The summed E-state index contributed by atoms with van der Waals surface area (Å²) in [6, 6.07) is 8.98. The molecule has 0 unspecified atom stereocenters. The first-order valence-corrected chi connectivity index (χ1v) is 5.76. The number of carbonyl (C=O) groups is 1. The van der Waals surface area contributed by atoms with Crippen LogP contribution in [0.25, 0.3) is 0 Å². The minimum Gasteiger partial charge on any atom is -0.378 e. The molecule has 0 aliphatic heterocycles. The van der Waals surface area contributed by atoms with Crippen molar-refractivity contribution in [2.75, 3.05) is 19.0 Å². The quantitative estimate of drug-likeness (QED) is 0.603. The van der Waals surface area contributed by atoms with E-state index in [0.29, 0.717) is 11.3 Å². The van der Waals surface area contributed by atoms with Gasteiger partial charge in [-0.2, -0.15) is 0 Å². The Balaban J connectivity index is 2.15. The average Bonchev–Trinajstić information content (AvgIpc) is 2.46. The van der Waals surface area contributed by atoms with Crippen LogP contribution < -0.4 is 4.90 Å². The molecule has 4 nitrogen and oxygen atoms in total. The maximum absolute atomic E-state index is 11.9. The van der Waals surface area contributed by atoms with Gasteiger partial charge in [-0.15, -0.1) is 0 Å². The normalized spacial score (nSPS) is 9.37. The molecule has 0 radical (unpaired) electrons. The Kier molecular flexibility index (Phi) is 3.89. The van der Waals surface area contributed by atoms with Crippen LogP contribution in [0.3, 0.4) is 0 Å². The van der Waals surface area contributed by atoms with E-state index in [2.05, 4.69) is 21.8 Å². The lowest BCUT2D eigenvalue weighted by atomic mass is 10.1. The summed E-state index contributed by atoms with van der Waals surface area (Å²) in [4.78, 5) is 21.6. The van der Waals surface area contributed by atoms with Crippen LogP contribution in [-0.4, -0.2) is 29.8 Å². The highest BCUT2D eigenvalue weighted by atomic mass is 16.1. The SMILES string of the molecule is CN(C)c1ccc(C(=O)C#Cc2ccncn2)cc1. The zero-order valence-electron chi connectivity index (χ0n) is 10.8. The fraction of sp³-hybridized carbons (Fsp3) is 0.133. The van der Waals surface area contributed by atoms with Crippen molar-refractivity contribution in [2.24, 2.45) is 0 Å². The number of benzene rings is 1. The van der Waals surface area contributed by atoms with Crippen LogP contribution in [0.15, 0.2) is 42.9 Å². The number of hydrogen-bond donors (Lipinski definition) is 0. The summed E-state index contributed by atoms with van der Waals surface area (Å²) in [6.45, 7) is 0. The second kappa shape index (κ2) is 5.78. The monoisotopic (exact) mass is 251 g/mol. The van der Waals surface area contributed by atoms with Crippen molar-refractivity contribution >= 4 is 11.5 Å². The summed E-state index contributed by atoms with van der Waals surface area (Å²) in [5, 5.41) is 0. The molecule has 0 aliphatic rings. The van der Waals surface area contributed by atoms with E-state index in [1.165, 1.54) is 6.33 Å². The van der Waals surface area contributed by atoms with Gasteiger partial charge < -0.3 is 4.90 Å². The highest BCUT2D eigenvalue weighted by Crippen LogP contribution is 2.12. The molecule has 0 N–H and O–H groups in total. The Morgan fingerprint density at radius 2 is 1.89 bits per heavy atom. The molecule has 0 fully saturated rings. The van der Waals surface area contributed by atoms with Crippen LogP contribution in [0.2, 0.25) is 0 Å². The lowest BCUT2D eigenvalue weighted by Gasteiger charge is -2.11. The standard InChI is InChI=1S/C15H13N3O/c1-18(2)14-6-3-12(4-7-14)15(19)8-5-13-9-10-16-11-17-13/h3-4,6-7,9-11H,1-2H3. The highest BCUT2D eigenvalue weighted by molar-refractivity contribution is 6.09. The molecule has 0 aliphatic carbocycles. The topological polar surface area (TPSA) is 46.1 Å². The molecule has 19 heavy (non-hydrogen) atoms. The van der Waals surface area contributed by atoms with E-state index >= 15 is 0 Å². The molecular formula is C15H13N3O. The van der Waals surface area contributed by atoms with Crippen molar-refractivity contribution < 1.29 is 4.79 Å². The summed E-state index contributed by atoms with van der Waals surface area (Å²) >= 11 is 0. The van der Waals surface area contributed by atoms with Crippen molar-refractivity contribution in [3.8, 4) is 11.8 Å². The van der Waals surface area contributed by atoms with Gasteiger partial charge in [0.25, 0.3) is 0 Å². The molecule has 0 amide bonds. The van der Waals surface area contributed by atoms with E-state index in [9.17, 15) is 4.79 Å². The number of carbonyl (C=O) groups excluding carboxylic acids is 1. The van der Waals surface area contributed by atoms with Crippen molar-refractivity contribution in [2.45, 2.75) is 0 Å². The van der Waals surface area contributed by atoms with Crippen LogP contribution in [0.5, 0.6) is 0 Å². The Labute approximate surface area is 112 Å². The highest BCUT2D eigenvalue weighted by Gasteiger charge is 2.02. The Morgan fingerprint density at radius 3 is 2.47 bits per heavy atom. The molecule has 0 spiro atoms. The van der Waals surface area contributed by atoms with Crippen LogP contribution in [-0.2, 0) is 0 Å². The molecule has 4 heteroatoms. The third-order valence-electron chi connectivity index (χ3n) is 2.53. The number of anilines is 1. The van der Waals surface area contributed by atoms with Gasteiger partial charge in [0.1, 0.15) is 12.0 Å². The van der Waals surface area contributed by atoms with Gasteiger partial charge in [0, 0.05) is 31.5 Å². The van der Waals surface area contributed by atoms with Crippen molar-refractivity contribution in [1.29, 1.82) is 0 Å². The van der Waals surface area contributed by atoms with Crippen molar-refractivity contribution in [3.63, 3.8) is 0 Å². The van der Waals surface area contributed by atoms with E-state index in [0.717, 1.165) is 5.69 Å². The van der Waals surface area contributed by atoms with E-state index < -0.39 is 0 Å². The van der Waals surface area contributed by atoms with E-state index in [1.54, 1.807) is 24.4 Å².